The van der Waals surface area contributed by atoms with Crippen LogP contribution >= 0.6 is 0 Å². The highest BCUT2D eigenvalue weighted by Gasteiger charge is 2.35. The standard InChI is InChI=1S/C27H26F2N6O3/c1-27(2,3)30-26(38)24(17-6-14-22(36)15-7-17)35(21-12-10-20(29)11-13-21)23(37)16-34-32-25(31-33-34)18-4-8-19(28)9-5-18/h4-15,24,36H,16H2,1-3H3,(H,30,38)/t24-/m0/s1. The summed E-state index contributed by atoms with van der Waals surface area (Å²) in [4.78, 5) is 29.6. The average molecular weight is 521 g/mol. The van der Waals surface area contributed by atoms with E-state index in [1.54, 1.807) is 20.8 Å². The molecule has 0 aliphatic carbocycles. The van der Waals surface area contributed by atoms with Crippen LogP contribution < -0.4 is 10.2 Å². The van der Waals surface area contributed by atoms with E-state index in [9.17, 15) is 23.5 Å². The maximum atomic E-state index is 13.8. The predicted octanol–water partition coefficient (Wildman–Crippen LogP) is 4.01. The van der Waals surface area contributed by atoms with Crippen molar-refractivity contribution in [1.82, 2.24) is 25.5 Å². The number of hydrogen-bond acceptors (Lipinski definition) is 6. The van der Waals surface area contributed by atoms with Gasteiger partial charge >= 0.3 is 0 Å². The maximum absolute atomic E-state index is 13.8. The number of phenolic OH excluding ortho intramolecular Hbond substituents is 1. The minimum atomic E-state index is -1.17. The molecule has 0 aliphatic heterocycles. The van der Waals surface area contributed by atoms with Crippen molar-refractivity contribution in [2.75, 3.05) is 4.90 Å². The van der Waals surface area contributed by atoms with Gasteiger partial charge in [0.2, 0.25) is 11.7 Å². The molecule has 0 spiro atoms. The molecule has 0 fully saturated rings. The van der Waals surface area contributed by atoms with Crippen molar-refractivity contribution in [3.63, 3.8) is 0 Å². The number of carbonyl (C=O) groups excluding carboxylic acids is 2. The van der Waals surface area contributed by atoms with Gasteiger partial charge in [-0.1, -0.05) is 12.1 Å². The zero-order valence-electron chi connectivity index (χ0n) is 21.0. The molecule has 0 bridgehead atoms. The number of amides is 2. The summed E-state index contributed by atoms with van der Waals surface area (Å²) in [6.45, 7) is 5.01. The van der Waals surface area contributed by atoms with Crippen LogP contribution in [0.15, 0.2) is 72.8 Å². The molecule has 0 saturated carbocycles. The van der Waals surface area contributed by atoms with E-state index in [0.717, 1.165) is 4.80 Å². The highest BCUT2D eigenvalue weighted by atomic mass is 19.1. The highest BCUT2D eigenvalue weighted by Crippen LogP contribution is 2.30. The van der Waals surface area contributed by atoms with Gasteiger partial charge in [-0.3, -0.25) is 14.5 Å². The van der Waals surface area contributed by atoms with Gasteiger partial charge in [-0.2, -0.15) is 4.80 Å². The lowest BCUT2D eigenvalue weighted by Crippen LogP contribution is -2.50. The molecule has 3 aromatic carbocycles. The molecular weight excluding hydrogens is 494 g/mol. The average Bonchev–Trinajstić information content (AvgIpc) is 3.31. The molecule has 38 heavy (non-hydrogen) atoms. The van der Waals surface area contributed by atoms with Gasteiger partial charge in [0.1, 0.15) is 30.0 Å². The molecule has 4 aromatic rings. The number of benzene rings is 3. The zero-order valence-corrected chi connectivity index (χ0v) is 21.0. The third-order valence-electron chi connectivity index (χ3n) is 5.42. The zero-order chi connectivity index (χ0) is 27.4. The van der Waals surface area contributed by atoms with Gasteiger partial charge in [0.15, 0.2) is 0 Å². The van der Waals surface area contributed by atoms with Crippen LogP contribution in [0.4, 0.5) is 14.5 Å². The number of aromatic hydroxyl groups is 1. The number of hydrogen-bond donors (Lipinski definition) is 2. The number of phenols is 1. The van der Waals surface area contributed by atoms with E-state index in [2.05, 4.69) is 20.7 Å². The fourth-order valence-corrected chi connectivity index (χ4v) is 3.77. The van der Waals surface area contributed by atoms with Gasteiger partial charge in [-0.15, -0.1) is 10.2 Å². The summed E-state index contributed by atoms with van der Waals surface area (Å²) in [5.41, 5.74) is 0.562. The first kappa shape index (κ1) is 26.4. The Balaban J connectivity index is 1.73. The Kier molecular flexibility index (Phi) is 7.47. The van der Waals surface area contributed by atoms with Crippen molar-refractivity contribution in [2.24, 2.45) is 0 Å². The van der Waals surface area contributed by atoms with Gasteiger partial charge in [0.25, 0.3) is 5.91 Å². The molecule has 11 heteroatoms. The molecule has 0 saturated heterocycles. The summed E-state index contributed by atoms with van der Waals surface area (Å²) in [5, 5.41) is 24.8. The van der Waals surface area contributed by atoms with Crippen LogP contribution in [0.25, 0.3) is 11.4 Å². The van der Waals surface area contributed by atoms with Crippen molar-refractivity contribution >= 4 is 17.5 Å². The van der Waals surface area contributed by atoms with Crippen LogP contribution in [0, 0.1) is 11.6 Å². The van der Waals surface area contributed by atoms with Gasteiger partial charge in [-0.25, -0.2) is 8.78 Å². The van der Waals surface area contributed by atoms with E-state index in [-0.39, 0.29) is 17.3 Å². The first-order valence-electron chi connectivity index (χ1n) is 11.7. The summed E-state index contributed by atoms with van der Waals surface area (Å²) in [6.07, 6.45) is 0. The summed E-state index contributed by atoms with van der Waals surface area (Å²) in [6, 6.07) is 15.4. The van der Waals surface area contributed by atoms with Crippen LogP contribution in [-0.4, -0.2) is 42.7 Å². The third-order valence-corrected chi connectivity index (χ3v) is 5.42. The highest BCUT2D eigenvalue weighted by molar-refractivity contribution is 6.01. The Labute approximate surface area is 217 Å². The van der Waals surface area contributed by atoms with E-state index in [0.29, 0.717) is 11.1 Å². The summed E-state index contributed by atoms with van der Waals surface area (Å²) in [7, 11) is 0. The molecule has 1 atom stereocenters. The smallest absolute Gasteiger partial charge is 0.251 e. The molecule has 0 unspecified atom stereocenters. The van der Waals surface area contributed by atoms with E-state index < -0.39 is 41.6 Å². The molecule has 2 N–H and O–H groups in total. The Hall–Kier alpha value is -4.67. The van der Waals surface area contributed by atoms with Crippen LogP contribution in [0.1, 0.15) is 32.4 Å². The number of nitrogens with zero attached hydrogens (tertiary/aromatic N) is 5. The van der Waals surface area contributed by atoms with Crippen LogP contribution in [0.5, 0.6) is 5.75 Å². The van der Waals surface area contributed by atoms with E-state index in [1.807, 2.05) is 0 Å². The second-order valence-electron chi connectivity index (χ2n) is 9.62. The minimum absolute atomic E-state index is 0.0106. The summed E-state index contributed by atoms with van der Waals surface area (Å²) in [5.74, 6) is -1.82. The second-order valence-corrected chi connectivity index (χ2v) is 9.62. The summed E-state index contributed by atoms with van der Waals surface area (Å²) >= 11 is 0. The Bertz CT molecular complexity index is 1420. The second kappa shape index (κ2) is 10.8. The molecule has 196 valence electrons. The van der Waals surface area contributed by atoms with Gasteiger partial charge < -0.3 is 10.4 Å². The largest absolute Gasteiger partial charge is 0.508 e. The van der Waals surface area contributed by atoms with E-state index in [4.69, 9.17) is 0 Å². The Morgan fingerprint density at radius 3 is 2.11 bits per heavy atom. The molecule has 1 heterocycles. The number of carbonyl (C=O) groups is 2. The predicted molar refractivity (Wildman–Crippen MR) is 136 cm³/mol. The van der Waals surface area contributed by atoms with Crippen molar-refractivity contribution in [3.05, 3.63) is 90.0 Å². The fourth-order valence-electron chi connectivity index (χ4n) is 3.77. The summed E-state index contributed by atoms with van der Waals surface area (Å²) < 4.78 is 27.0. The molecule has 0 radical (unpaired) electrons. The van der Waals surface area contributed by atoms with Crippen molar-refractivity contribution in [2.45, 2.75) is 38.9 Å². The van der Waals surface area contributed by atoms with E-state index in [1.165, 1.54) is 77.7 Å². The Morgan fingerprint density at radius 1 is 0.947 bits per heavy atom. The number of nitrogens with one attached hydrogen (secondary N) is 1. The molecule has 0 aliphatic rings. The third kappa shape index (κ3) is 6.36. The topological polar surface area (TPSA) is 113 Å². The van der Waals surface area contributed by atoms with Crippen LogP contribution in [0.2, 0.25) is 0 Å². The monoisotopic (exact) mass is 520 g/mol. The molecule has 9 nitrogen and oxygen atoms in total. The lowest BCUT2D eigenvalue weighted by molar-refractivity contribution is -0.128. The van der Waals surface area contributed by atoms with Gasteiger partial charge in [0, 0.05) is 16.8 Å². The van der Waals surface area contributed by atoms with Crippen molar-refractivity contribution in [1.29, 1.82) is 0 Å². The number of halogens is 2. The molecular formula is C27H26F2N6O3. The fraction of sp³-hybridized carbons (Fsp3) is 0.222. The minimum Gasteiger partial charge on any atom is -0.508 e. The van der Waals surface area contributed by atoms with Crippen LogP contribution in [0.3, 0.4) is 0 Å². The first-order chi connectivity index (χ1) is 18.0. The lowest BCUT2D eigenvalue weighted by Gasteiger charge is -2.33. The SMILES string of the molecule is CC(C)(C)NC(=O)[C@H](c1ccc(O)cc1)N(C(=O)Cn1nnc(-c2ccc(F)cc2)n1)c1ccc(F)cc1. The number of rotatable bonds is 7. The van der Waals surface area contributed by atoms with Crippen molar-refractivity contribution in [3.8, 4) is 17.1 Å². The van der Waals surface area contributed by atoms with Gasteiger partial charge in [0.05, 0.1) is 0 Å². The molecule has 2 amide bonds. The normalized spacial score (nSPS) is 12.1. The first-order valence-corrected chi connectivity index (χ1v) is 11.7. The number of tetrazole rings is 1. The maximum Gasteiger partial charge on any atom is 0.251 e. The van der Waals surface area contributed by atoms with Crippen LogP contribution in [-0.2, 0) is 16.1 Å². The lowest BCUT2D eigenvalue weighted by atomic mass is 10.0. The molecule has 4 rings (SSSR count). The van der Waals surface area contributed by atoms with E-state index >= 15 is 0 Å². The quantitative estimate of drug-likeness (QED) is 0.381. The Morgan fingerprint density at radius 2 is 1.53 bits per heavy atom. The molecule has 1 aromatic heterocycles. The number of aromatic nitrogens is 4. The van der Waals surface area contributed by atoms with Gasteiger partial charge in [-0.05, 0) is 92.2 Å². The van der Waals surface area contributed by atoms with Crippen molar-refractivity contribution < 1.29 is 23.5 Å². The number of anilines is 1.